The van der Waals surface area contributed by atoms with E-state index in [9.17, 15) is 13.6 Å². The second-order valence-electron chi connectivity index (χ2n) is 4.46. The first-order valence-corrected chi connectivity index (χ1v) is 5.68. The van der Waals surface area contributed by atoms with Gasteiger partial charge in [0.15, 0.2) is 0 Å². The van der Waals surface area contributed by atoms with E-state index in [2.05, 4.69) is 9.97 Å². The fourth-order valence-corrected chi connectivity index (χ4v) is 2.18. The highest BCUT2D eigenvalue weighted by Crippen LogP contribution is 2.42. The Morgan fingerprint density at radius 3 is 2.94 bits per heavy atom. The maximum Gasteiger partial charge on any atom is 0.251 e. The summed E-state index contributed by atoms with van der Waals surface area (Å²) in [4.78, 5) is 18.1. The summed E-state index contributed by atoms with van der Waals surface area (Å²) in [6.45, 7) is 0.386. The van der Waals surface area contributed by atoms with Crippen LogP contribution in [-0.4, -0.2) is 22.4 Å². The van der Waals surface area contributed by atoms with Crippen molar-refractivity contribution in [3.63, 3.8) is 0 Å². The van der Waals surface area contributed by atoms with Gasteiger partial charge in [-0.3, -0.25) is 4.79 Å². The minimum Gasteiger partial charge on any atom is -0.330 e. The molecular formula is C11H15F2N3O. The molecule has 3 N–H and O–H groups in total. The molecule has 4 nitrogen and oxygen atoms in total. The van der Waals surface area contributed by atoms with E-state index in [1.165, 1.54) is 6.07 Å². The van der Waals surface area contributed by atoms with E-state index in [1.54, 1.807) is 0 Å². The summed E-state index contributed by atoms with van der Waals surface area (Å²) in [6.07, 6.45) is 0.479. The number of hydrogen-bond acceptors (Lipinski definition) is 3. The Morgan fingerprint density at radius 1 is 1.59 bits per heavy atom. The minimum absolute atomic E-state index is 0.136. The zero-order chi connectivity index (χ0) is 12.5. The van der Waals surface area contributed by atoms with Crippen molar-refractivity contribution < 1.29 is 8.78 Å². The van der Waals surface area contributed by atoms with Gasteiger partial charge in [-0.15, -0.1) is 0 Å². The standard InChI is InChI=1S/C11H15F2N3O/c12-11(13)3-1-7(6-11)10-15-8(2-4-14)5-9(17)16-10/h5,7H,1-4,6,14H2,(H,15,16,17). The third kappa shape index (κ3) is 2.88. The van der Waals surface area contributed by atoms with Gasteiger partial charge in [-0.1, -0.05) is 0 Å². The van der Waals surface area contributed by atoms with Crippen LogP contribution < -0.4 is 11.3 Å². The first-order chi connectivity index (χ1) is 8.00. The lowest BCUT2D eigenvalue weighted by Crippen LogP contribution is -2.17. The quantitative estimate of drug-likeness (QED) is 0.837. The lowest BCUT2D eigenvalue weighted by Gasteiger charge is -2.10. The fourth-order valence-electron chi connectivity index (χ4n) is 2.18. The number of halogens is 2. The largest absolute Gasteiger partial charge is 0.330 e. The number of alkyl halides is 2. The average molecular weight is 243 g/mol. The van der Waals surface area contributed by atoms with E-state index in [-0.39, 0.29) is 24.3 Å². The zero-order valence-electron chi connectivity index (χ0n) is 9.38. The highest BCUT2D eigenvalue weighted by Gasteiger charge is 2.41. The molecule has 0 amide bonds. The lowest BCUT2D eigenvalue weighted by atomic mass is 10.1. The molecule has 17 heavy (non-hydrogen) atoms. The number of H-pyrrole nitrogens is 1. The predicted molar refractivity (Wildman–Crippen MR) is 59.2 cm³/mol. The molecule has 1 aliphatic carbocycles. The fraction of sp³-hybridized carbons (Fsp3) is 0.636. The summed E-state index contributed by atoms with van der Waals surface area (Å²) in [6, 6.07) is 1.36. The Morgan fingerprint density at radius 2 is 2.35 bits per heavy atom. The summed E-state index contributed by atoms with van der Waals surface area (Å²) < 4.78 is 26.2. The lowest BCUT2D eigenvalue weighted by molar-refractivity contribution is 0.00752. The van der Waals surface area contributed by atoms with Crippen molar-refractivity contribution in [1.82, 2.24) is 9.97 Å². The maximum absolute atomic E-state index is 13.1. The van der Waals surface area contributed by atoms with E-state index in [4.69, 9.17) is 5.73 Å². The Hall–Kier alpha value is -1.30. The maximum atomic E-state index is 13.1. The molecule has 6 heteroatoms. The molecule has 1 atom stereocenters. The smallest absolute Gasteiger partial charge is 0.251 e. The van der Waals surface area contributed by atoms with E-state index < -0.39 is 5.92 Å². The summed E-state index contributed by atoms with van der Waals surface area (Å²) >= 11 is 0. The van der Waals surface area contributed by atoms with Crippen LogP contribution in [0.5, 0.6) is 0 Å². The van der Waals surface area contributed by atoms with Gasteiger partial charge in [-0.05, 0) is 13.0 Å². The molecule has 1 aromatic rings. The molecule has 0 saturated heterocycles. The van der Waals surface area contributed by atoms with Crippen LogP contribution in [0.25, 0.3) is 0 Å². The van der Waals surface area contributed by atoms with Crippen molar-refractivity contribution in [3.8, 4) is 0 Å². The van der Waals surface area contributed by atoms with Crippen molar-refractivity contribution in [2.24, 2.45) is 5.73 Å². The second-order valence-corrected chi connectivity index (χ2v) is 4.46. The number of nitrogens with two attached hydrogens (primary N) is 1. The van der Waals surface area contributed by atoms with Crippen molar-refractivity contribution in [2.45, 2.75) is 37.5 Å². The van der Waals surface area contributed by atoms with Gasteiger partial charge in [-0.25, -0.2) is 13.8 Å². The van der Waals surface area contributed by atoms with Crippen LogP contribution in [0, 0.1) is 0 Å². The summed E-state index contributed by atoms with van der Waals surface area (Å²) in [5.74, 6) is -2.61. The predicted octanol–water partition coefficient (Wildman–Crippen LogP) is 1.17. The minimum atomic E-state index is -2.63. The van der Waals surface area contributed by atoms with Crippen molar-refractivity contribution in [2.75, 3.05) is 6.54 Å². The highest BCUT2D eigenvalue weighted by molar-refractivity contribution is 5.09. The number of nitrogens with one attached hydrogen (secondary N) is 1. The van der Waals surface area contributed by atoms with E-state index in [0.717, 1.165) is 0 Å². The third-order valence-electron chi connectivity index (χ3n) is 3.00. The van der Waals surface area contributed by atoms with Gasteiger partial charge in [0.1, 0.15) is 5.82 Å². The molecule has 1 fully saturated rings. The van der Waals surface area contributed by atoms with Crippen LogP contribution in [0.4, 0.5) is 8.78 Å². The number of hydrogen-bond donors (Lipinski definition) is 2. The van der Waals surface area contributed by atoms with Crippen LogP contribution in [0.15, 0.2) is 10.9 Å². The summed E-state index contributed by atoms with van der Waals surface area (Å²) in [5, 5.41) is 0. The molecule has 1 saturated carbocycles. The zero-order valence-corrected chi connectivity index (χ0v) is 9.38. The van der Waals surface area contributed by atoms with Crippen LogP contribution in [-0.2, 0) is 6.42 Å². The molecule has 0 spiro atoms. The van der Waals surface area contributed by atoms with Gasteiger partial charge < -0.3 is 10.7 Å². The first-order valence-electron chi connectivity index (χ1n) is 5.68. The van der Waals surface area contributed by atoms with Crippen LogP contribution in [0.1, 0.15) is 36.7 Å². The van der Waals surface area contributed by atoms with Crippen LogP contribution >= 0.6 is 0 Å². The van der Waals surface area contributed by atoms with Crippen molar-refractivity contribution in [1.29, 1.82) is 0 Å². The molecule has 1 heterocycles. The molecule has 1 aliphatic rings. The Bertz CT molecular complexity index is 458. The molecule has 94 valence electrons. The molecule has 0 aromatic carbocycles. The third-order valence-corrected chi connectivity index (χ3v) is 3.00. The topological polar surface area (TPSA) is 71.8 Å². The number of rotatable bonds is 3. The number of aromatic amines is 1. The molecule has 0 bridgehead atoms. The van der Waals surface area contributed by atoms with Gasteiger partial charge in [0.05, 0.1) is 0 Å². The number of aromatic nitrogens is 2. The Labute approximate surface area is 97.3 Å². The van der Waals surface area contributed by atoms with Crippen molar-refractivity contribution in [3.05, 3.63) is 27.9 Å². The van der Waals surface area contributed by atoms with Crippen molar-refractivity contribution >= 4 is 0 Å². The van der Waals surface area contributed by atoms with Crippen LogP contribution in [0.3, 0.4) is 0 Å². The normalized spacial score (nSPS) is 22.9. The molecule has 2 rings (SSSR count). The molecule has 1 unspecified atom stereocenters. The Balaban J connectivity index is 2.24. The first kappa shape index (κ1) is 12.2. The van der Waals surface area contributed by atoms with E-state index >= 15 is 0 Å². The molecular weight excluding hydrogens is 228 g/mol. The molecule has 1 aromatic heterocycles. The molecule has 0 aliphatic heterocycles. The van der Waals surface area contributed by atoms with Crippen LogP contribution in [0.2, 0.25) is 0 Å². The van der Waals surface area contributed by atoms with Gasteiger partial charge in [0, 0.05) is 36.9 Å². The molecule has 0 radical (unpaired) electrons. The van der Waals surface area contributed by atoms with E-state index in [1.807, 2.05) is 0 Å². The van der Waals surface area contributed by atoms with Gasteiger partial charge in [-0.2, -0.15) is 0 Å². The van der Waals surface area contributed by atoms with Gasteiger partial charge in [0.2, 0.25) is 5.92 Å². The summed E-state index contributed by atoms with van der Waals surface area (Å²) in [7, 11) is 0. The van der Waals surface area contributed by atoms with Gasteiger partial charge >= 0.3 is 0 Å². The monoisotopic (exact) mass is 243 g/mol. The van der Waals surface area contributed by atoms with E-state index in [0.29, 0.717) is 30.9 Å². The summed E-state index contributed by atoms with van der Waals surface area (Å²) in [5.41, 5.74) is 5.66. The number of nitrogens with zero attached hydrogens (tertiary/aromatic N) is 1. The SMILES string of the molecule is NCCc1cc(=O)[nH]c(C2CCC(F)(F)C2)n1. The van der Waals surface area contributed by atoms with Gasteiger partial charge in [0.25, 0.3) is 5.56 Å². The Kier molecular flexibility index (Phi) is 3.24. The average Bonchev–Trinajstić information content (AvgIpc) is 2.58. The second kappa shape index (κ2) is 4.52. The highest BCUT2D eigenvalue weighted by atomic mass is 19.3.